The number of anilines is 2. The highest BCUT2D eigenvalue weighted by Gasteiger charge is 2.06. The molecule has 0 saturated heterocycles. The fourth-order valence-corrected chi connectivity index (χ4v) is 2.20. The molecule has 2 aromatic carbocycles. The number of urea groups is 1. The van der Waals surface area contributed by atoms with Crippen molar-refractivity contribution in [2.75, 3.05) is 17.2 Å². The van der Waals surface area contributed by atoms with Gasteiger partial charge in [0.1, 0.15) is 0 Å². The molecule has 0 atom stereocenters. The molecule has 4 amide bonds. The molecule has 0 fully saturated rings. The summed E-state index contributed by atoms with van der Waals surface area (Å²) < 4.78 is 0. The zero-order chi connectivity index (χ0) is 18.1. The predicted octanol–water partition coefficient (Wildman–Crippen LogP) is 1.86. The first-order chi connectivity index (χ1) is 12.0. The lowest BCUT2D eigenvalue weighted by molar-refractivity contribution is -0.120. The van der Waals surface area contributed by atoms with Gasteiger partial charge in [0.2, 0.25) is 11.8 Å². The largest absolute Gasteiger partial charge is 0.355 e. The topological polar surface area (TPSA) is 113 Å². The number of hydrogen-bond donors (Lipinski definition) is 4. The minimum Gasteiger partial charge on any atom is -0.355 e. The average molecular weight is 340 g/mol. The third-order valence-electron chi connectivity index (χ3n) is 3.30. The maximum atomic E-state index is 11.9. The molecule has 0 heterocycles. The molecule has 25 heavy (non-hydrogen) atoms. The SMILES string of the molecule is NC(=O)Nc1cccc(NC(=O)CCNC(=O)Cc2ccccc2)c1. The zero-order valence-corrected chi connectivity index (χ0v) is 13.6. The Morgan fingerprint density at radius 1 is 0.840 bits per heavy atom. The van der Waals surface area contributed by atoms with Crippen LogP contribution >= 0.6 is 0 Å². The van der Waals surface area contributed by atoms with Gasteiger partial charge in [-0.05, 0) is 23.8 Å². The summed E-state index contributed by atoms with van der Waals surface area (Å²) in [7, 11) is 0. The van der Waals surface area contributed by atoms with Gasteiger partial charge in [0.25, 0.3) is 0 Å². The number of rotatable bonds is 7. The Kier molecular flexibility index (Phi) is 6.53. The lowest BCUT2D eigenvalue weighted by Crippen LogP contribution is -2.28. The summed E-state index contributed by atoms with van der Waals surface area (Å²) in [5.41, 5.74) is 6.99. The molecule has 0 aliphatic heterocycles. The van der Waals surface area contributed by atoms with Crippen molar-refractivity contribution in [2.45, 2.75) is 12.8 Å². The van der Waals surface area contributed by atoms with Gasteiger partial charge in [0.05, 0.1) is 6.42 Å². The minimum atomic E-state index is -0.676. The van der Waals surface area contributed by atoms with Gasteiger partial charge in [-0.25, -0.2) is 4.79 Å². The fraction of sp³-hybridized carbons (Fsp3) is 0.167. The first kappa shape index (κ1) is 18.0. The third kappa shape index (κ3) is 6.74. The van der Waals surface area contributed by atoms with Crippen LogP contribution in [0.3, 0.4) is 0 Å². The molecule has 0 unspecified atom stereocenters. The molecule has 0 bridgehead atoms. The zero-order valence-electron chi connectivity index (χ0n) is 13.6. The number of benzene rings is 2. The van der Waals surface area contributed by atoms with Crippen LogP contribution < -0.4 is 21.7 Å². The molecule has 2 rings (SSSR count). The maximum absolute atomic E-state index is 11.9. The lowest BCUT2D eigenvalue weighted by Gasteiger charge is -2.08. The first-order valence-electron chi connectivity index (χ1n) is 7.80. The lowest BCUT2D eigenvalue weighted by atomic mass is 10.1. The molecule has 0 aliphatic carbocycles. The Balaban J connectivity index is 1.73. The molecule has 0 saturated carbocycles. The molecule has 0 aromatic heterocycles. The van der Waals surface area contributed by atoms with E-state index in [0.29, 0.717) is 11.4 Å². The van der Waals surface area contributed by atoms with Crippen molar-refractivity contribution in [2.24, 2.45) is 5.73 Å². The quantitative estimate of drug-likeness (QED) is 0.617. The Hall–Kier alpha value is -3.35. The fourth-order valence-electron chi connectivity index (χ4n) is 2.20. The van der Waals surface area contributed by atoms with E-state index in [0.717, 1.165) is 5.56 Å². The van der Waals surface area contributed by atoms with Gasteiger partial charge in [-0.1, -0.05) is 36.4 Å². The summed E-state index contributed by atoms with van der Waals surface area (Å²) in [4.78, 5) is 34.5. The highest BCUT2D eigenvalue weighted by molar-refractivity contribution is 5.93. The number of carbonyl (C=O) groups is 3. The van der Waals surface area contributed by atoms with Crippen molar-refractivity contribution in [3.63, 3.8) is 0 Å². The van der Waals surface area contributed by atoms with Gasteiger partial charge in [0.15, 0.2) is 0 Å². The van der Waals surface area contributed by atoms with Crippen molar-refractivity contribution in [1.82, 2.24) is 5.32 Å². The second-order valence-electron chi connectivity index (χ2n) is 5.38. The second-order valence-corrected chi connectivity index (χ2v) is 5.38. The van der Waals surface area contributed by atoms with Crippen LogP contribution in [0.5, 0.6) is 0 Å². The van der Waals surface area contributed by atoms with E-state index in [1.165, 1.54) is 0 Å². The van der Waals surface area contributed by atoms with Gasteiger partial charge < -0.3 is 21.7 Å². The Morgan fingerprint density at radius 2 is 1.52 bits per heavy atom. The van der Waals surface area contributed by atoms with Crippen molar-refractivity contribution in [3.05, 3.63) is 60.2 Å². The Morgan fingerprint density at radius 3 is 2.20 bits per heavy atom. The Labute approximate surface area is 145 Å². The number of hydrogen-bond acceptors (Lipinski definition) is 3. The molecule has 0 aliphatic rings. The molecule has 0 spiro atoms. The second kappa shape index (κ2) is 9.07. The van der Waals surface area contributed by atoms with Crippen LogP contribution in [0, 0.1) is 0 Å². The monoisotopic (exact) mass is 340 g/mol. The predicted molar refractivity (Wildman–Crippen MR) is 96.1 cm³/mol. The van der Waals surface area contributed by atoms with E-state index in [9.17, 15) is 14.4 Å². The van der Waals surface area contributed by atoms with E-state index in [-0.39, 0.29) is 31.2 Å². The van der Waals surface area contributed by atoms with E-state index < -0.39 is 6.03 Å². The summed E-state index contributed by atoms with van der Waals surface area (Å²) in [6, 6.07) is 15.3. The normalized spacial score (nSPS) is 9.92. The third-order valence-corrected chi connectivity index (χ3v) is 3.30. The van der Waals surface area contributed by atoms with Crippen molar-refractivity contribution < 1.29 is 14.4 Å². The number of primary amides is 1. The number of carbonyl (C=O) groups excluding carboxylic acids is 3. The standard InChI is InChI=1S/C18H20N4O3/c19-18(25)22-15-8-4-7-14(12-15)21-16(23)9-10-20-17(24)11-13-5-2-1-3-6-13/h1-8,12H,9-11H2,(H,20,24)(H,21,23)(H3,19,22,25). The van der Waals surface area contributed by atoms with Gasteiger partial charge in [-0.3, -0.25) is 9.59 Å². The maximum Gasteiger partial charge on any atom is 0.316 e. The minimum absolute atomic E-state index is 0.133. The first-order valence-corrected chi connectivity index (χ1v) is 7.80. The van der Waals surface area contributed by atoms with Gasteiger partial charge in [-0.15, -0.1) is 0 Å². The van der Waals surface area contributed by atoms with Crippen molar-refractivity contribution >= 4 is 29.2 Å². The van der Waals surface area contributed by atoms with Crippen LogP contribution in [0.4, 0.5) is 16.2 Å². The summed E-state index contributed by atoms with van der Waals surface area (Å²) in [5.74, 6) is -0.372. The summed E-state index contributed by atoms with van der Waals surface area (Å²) >= 11 is 0. The Bertz CT molecular complexity index is 747. The molecule has 7 heteroatoms. The van der Waals surface area contributed by atoms with Crippen LogP contribution in [0.2, 0.25) is 0 Å². The molecular weight excluding hydrogens is 320 g/mol. The van der Waals surface area contributed by atoms with Crippen LogP contribution in [-0.2, 0) is 16.0 Å². The average Bonchev–Trinajstić information content (AvgIpc) is 2.55. The van der Waals surface area contributed by atoms with Crippen LogP contribution in [0.1, 0.15) is 12.0 Å². The molecule has 7 nitrogen and oxygen atoms in total. The van der Waals surface area contributed by atoms with Crippen LogP contribution in [-0.4, -0.2) is 24.4 Å². The molecule has 2 aromatic rings. The van der Waals surface area contributed by atoms with Gasteiger partial charge in [0, 0.05) is 24.3 Å². The molecule has 130 valence electrons. The highest BCUT2D eigenvalue weighted by atomic mass is 16.2. The van der Waals surface area contributed by atoms with Crippen molar-refractivity contribution in [3.8, 4) is 0 Å². The van der Waals surface area contributed by atoms with Gasteiger partial charge >= 0.3 is 6.03 Å². The number of nitrogens with one attached hydrogen (secondary N) is 3. The summed E-state index contributed by atoms with van der Waals surface area (Å²) in [6.07, 6.45) is 0.428. The van der Waals surface area contributed by atoms with Crippen molar-refractivity contribution in [1.29, 1.82) is 0 Å². The van der Waals surface area contributed by atoms with E-state index >= 15 is 0 Å². The smallest absolute Gasteiger partial charge is 0.316 e. The van der Waals surface area contributed by atoms with E-state index in [2.05, 4.69) is 16.0 Å². The van der Waals surface area contributed by atoms with E-state index in [1.807, 2.05) is 30.3 Å². The number of amides is 4. The summed E-state index contributed by atoms with van der Waals surface area (Å²) in [6.45, 7) is 0.247. The highest BCUT2D eigenvalue weighted by Crippen LogP contribution is 2.14. The number of nitrogens with two attached hydrogens (primary N) is 1. The molecule has 5 N–H and O–H groups in total. The van der Waals surface area contributed by atoms with Crippen LogP contribution in [0.25, 0.3) is 0 Å². The van der Waals surface area contributed by atoms with Gasteiger partial charge in [-0.2, -0.15) is 0 Å². The van der Waals surface area contributed by atoms with E-state index in [1.54, 1.807) is 24.3 Å². The van der Waals surface area contributed by atoms with Crippen LogP contribution in [0.15, 0.2) is 54.6 Å². The molecule has 0 radical (unpaired) electrons. The summed E-state index contributed by atoms with van der Waals surface area (Å²) in [5, 5.41) is 7.84. The molecular formula is C18H20N4O3. The van der Waals surface area contributed by atoms with E-state index in [4.69, 9.17) is 5.73 Å².